The third-order valence-electron chi connectivity index (χ3n) is 4.03. The molecule has 0 bridgehead atoms. The number of carbonyl (C=O) groups excluding carboxylic acids is 2. The topological polar surface area (TPSA) is 86.7 Å². The van der Waals surface area contributed by atoms with Crippen LogP contribution in [0.4, 0.5) is 0 Å². The predicted molar refractivity (Wildman–Crippen MR) is 91.6 cm³/mol. The van der Waals surface area contributed by atoms with Crippen LogP contribution in [0, 0.1) is 0 Å². The van der Waals surface area contributed by atoms with Crippen molar-refractivity contribution in [3.8, 4) is 0 Å². The van der Waals surface area contributed by atoms with Gasteiger partial charge in [-0.2, -0.15) is 0 Å². The summed E-state index contributed by atoms with van der Waals surface area (Å²) in [7, 11) is 0. The Morgan fingerprint density at radius 2 is 1.79 bits per heavy atom. The van der Waals surface area contributed by atoms with Crippen LogP contribution in [0.3, 0.4) is 0 Å². The second kappa shape index (κ2) is 9.70. The first-order chi connectivity index (χ1) is 11.3. The average Bonchev–Trinajstić information content (AvgIpc) is 2.56. The van der Waals surface area contributed by atoms with Gasteiger partial charge in [0.2, 0.25) is 11.8 Å². The van der Waals surface area contributed by atoms with Gasteiger partial charge in [-0.3, -0.25) is 9.59 Å². The number of nitrogens with zero attached hydrogens (tertiary/aromatic N) is 1. The summed E-state index contributed by atoms with van der Waals surface area (Å²) >= 11 is 0. The third kappa shape index (κ3) is 6.40. The summed E-state index contributed by atoms with van der Waals surface area (Å²) in [6, 6.07) is 8.98. The molecule has 0 fully saturated rings. The van der Waals surface area contributed by atoms with Gasteiger partial charge in [0.25, 0.3) is 0 Å². The molecule has 0 aliphatic rings. The lowest BCUT2D eigenvalue weighted by Crippen LogP contribution is -2.46. The highest BCUT2D eigenvalue weighted by Gasteiger charge is 2.25. The van der Waals surface area contributed by atoms with Gasteiger partial charge in [0, 0.05) is 26.4 Å². The van der Waals surface area contributed by atoms with E-state index in [2.05, 4.69) is 5.32 Å². The van der Waals surface area contributed by atoms with Crippen molar-refractivity contribution in [3.63, 3.8) is 0 Å². The Hall–Kier alpha value is -2.37. The number of hydrogen-bond donors (Lipinski definition) is 2. The highest BCUT2D eigenvalue weighted by atomic mass is 16.4. The maximum Gasteiger partial charge on any atom is 0.326 e. The fourth-order valence-corrected chi connectivity index (χ4v) is 2.45. The van der Waals surface area contributed by atoms with Crippen molar-refractivity contribution in [1.82, 2.24) is 10.2 Å². The summed E-state index contributed by atoms with van der Waals surface area (Å²) in [5.41, 5.74) is 1.15. The first kappa shape index (κ1) is 19.7. The van der Waals surface area contributed by atoms with Crippen LogP contribution in [0.1, 0.15) is 45.1 Å². The molecule has 2 N–H and O–H groups in total. The molecule has 6 nitrogen and oxygen atoms in total. The minimum atomic E-state index is -1.05. The number of rotatable bonds is 9. The second-order valence-corrected chi connectivity index (χ2v) is 5.93. The zero-order valence-electron chi connectivity index (χ0n) is 14.5. The zero-order chi connectivity index (χ0) is 18.1. The summed E-state index contributed by atoms with van der Waals surface area (Å²) in [4.78, 5) is 35.9. The Morgan fingerprint density at radius 3 is 2.33 bits per heavy atom. The van der Waals surface area contributed by atoms with Crippen molar-refractivity contribution in [2.45, 2.75) is 45.6 Å². The number of aliphatic carboxylic acids is 1. The molecule has 2 atom stereocenters. The number of carbonyl (C=O) groups is 3. The number of carboxylic acid groups (broad SMARTS) is 1. The fraction of sp³-hybridized carbons (Fsp3) is 0.500. The van der Waals surface area contributed by atoms with E-state index in [1.54, 1.807) is 0 Å². The smallest absolute Gasteiger partial charge is 0.326 e. The number of hydrogen-bond acceptors (Lipinski definition) is 3. The number of carboxylic acids is 1. The summed E-state index contributed by atoms with van der Waals surface area (Å²) in [6.07, 6.45) is 0.916. The summed E-state index contributed by atoms with van der Waals surface area (Å²) in [6.45, 7) is 5.34. The molecule has 0 spiro atoms. The monoisotopic (exact) mass is 334 g/mol. The Labute approximate surface area is 142 Å². The molecule has 2 amide bonds. The summed E-state index contributed by atoms with van der Waals surface area (Å²) in [5.74, 6) is -1.25. The van der Waals surface area contributed by atoms with E-state index in [0.717, 1.165) is 5.56 Å². The maximum atomic E-state index is 12.5. The maximum absolute atomic E-state index is 12.5. The number of benzene rings is 1. The van der Waals surface area contributed by atoms with E-state index in [-0.39, 0.29) is 37.2 Å². The lowest BCUT2D eigenvalue weighted by molar-refractivity contribution is -0.149. The van der Waals surface area contributed by atoms with Crippen LogP contribution in [0.15, 0.2) is 30.3 Å². The molecule has 1 aromatic carbocycles. The van der Waals surface area contributed by atoms with E-state index >= 15 is 0 Å². The van der Waals surface area contributed by atoms with Crippen molar-refractivity contribution in [1.29, 1.82) is 0 Å². The van der Waals surface area contributed by atoms with E-state index in [1.807, 2.05) is 37.3 Å². The molecule has 1 rings (SSSR count). The molecular weight excluding hydrogens is 308 g/mol. The van der Waals surface area contributed by atoms with E-state index in [9.17, 15) is 19.5 Å². The van der Waals surface area contributed by atoms with Crippen molar-refractivity contribution >= 4 is 17.8 Å². The number of nitrogens with one attached hydrogen (secondary N) is 1. The van der Waals surface area contributed by atoms with Gasteiger partial charge in [-0.15, -0.1) is 0 Å². The molecule has 132 valence electrons. The van der Waals surface area contributed by atoms with E-state index in [0.29, 0.717) is 6.42 Å². The molecule has 6 heteroatoms. The van der Waals surface area contributed by atoms with Gasteiger partial charge in [-0.05, 0) is 24.8 Å². The fourth-order valence-electron chi connectivity index (χ4n) is 2.45. The van der Waals surface area contributed by atoms with E-state index in [1.165, 1.54) is 18.7 Å². The van der Waals surface area contributed by atoms with Crippen LogP contribution < -0.4 is 5.32 Å². The van der Waals surface area contributed by atoms with Gasteiger partial charge in [0.15, 0.2) is 0 Å². The highest BCUT2D eigenvalue weighted by Crippen LogP contribution is 2.21. The molecular formula is C18H26N2O4. The van der Waals surface area contributed by atoms with E-state index < -0.39 is 12.0 Å². The van der Waals surface area contributed by atoms with Crippen molar-refractivity contribution in [3.05, 3.63) is 35.9 Å². The van der Waals surface area contributed by atoms with Gasteiger partial charge in [-0.25, -0.2) is 4.79 Å². The van der Waals surface area contributed by atoms with Gasteiger partial charge in [0.05, 0.1) is 0 Å². The lowest BCUT2D eigenvalue weighted by Gasteiger charge is -2.27. The van der Waals surface area contributed by atoms with Crippen LogP contribution in [0.25, 0.3) is 0 Å². The predicted octanol–water partition coefficient (Wildman–Crippen LogP) is 2.01. The lowest BCUT2D eigenvalue weighted by atomic mass is 9.96. The molecule has 0 radical (unpaired) electrons. The average molecular weight is 334 g/mol. The van der Waals surface area contributed by atoms with Gasteiger partial charge >= 0.3 is 5.97 Å². The first-order valence-corrected chi connectivity index (χ1v) is 8.14. The largest absolute Gasteiger partial charge is 0.480 e. The normalized spacial score (nSPS) is 13.0. The molecule has 0 saturated carbocycles. The minimum absolute atomic E-state index is 0.186. The Kier molecular flexibility index (Phi) is 7.95. The standard InChI is InChI=1S/C18H26N2O4/c1-13(16-7-5-4-6-8-16)9-10-17(22)20(14(2)18(23)24)12-11-19-15(3)21/h4-8,13-14H,9-12H2,1-3H3,(H,19,21)(H,23,24). The van der Waals surface area contributed by atoms with Crippen LogP contribution in [0.2, 0.25) is 0 Å². The van der Waals surface area contributed by atoms with Gasteiger partial charge < -0.3 is 15.3 Å². The van der Waals surface area contributed by atoms with Crippen molar-refractivity contribution in [2.75, 3.05) is 13.1 Å². The minimum Gasteiger partial charge on any atom is -0.480 e. The molecule has 0 saturated heterocycles. The second-order valence-electron chi connectivity index (χ2n) is 5.93. The molecule has 24 heavy (non-hydrogen) atoms. The van der Waals surface area contributed by atoms with Crippen LogP contribution in [-0.2, 0) is 14.4 Å². The Balaban J connectivity index is 2.62. The third-order valence-corrected chi connectivity index (χ3v) is 4.03. The molecule has 0 aliphatic carbocycles. The van der Waals surface area contributed by atoms with E-state index in [4.69, 9.17) is 0 Å². The number of amides is 2. The van der Waals surface area contributed by atoms with Crippen molar-refractivity contribution < 1.29 is 19.5 Å². The summed E-state index contributed by atoms with van der Waals surface area (Å²) < 4.78 is 0. The molecule has 0 aliphatic heterocycles. The molecule has 1 aromatic rings. The highest BCUT2D eigenvalue weighted by molar-refractivity contribution is 5.83. The first-order valence-electron chi connectivity index (χ1n) is 8.14. The summed E-state index contributed by atoms with van der Waals surface area (Å²) in [5, 5.41) is 11.8. The Morgan fingerprint density at radius 1 is 1.17 bits per heavy atom. The van der Waals surface area contributed by atoms with Gasteiger partial charge in [-0.1, -0.05) is 37.3 Å². The molecule has 2 unspecified atom stereocenters. The van der Waals surface area contributed by atoms with Crippen LogP contribution >= 0.6 is 0 Å². The van der Waals surface area contributed by atoms with Crippen molar-refractivity contribution in [2.24, 2.45) is 0 Å². The SMILES string of the molecule is CC(=O)NCCN(C(=O)CCC(C)c1ccccc1)C(C)C(=O)O. The van der Waals surface area contributed by atoms with Crippen LogP contribution in [-0.4, -0.2) is 46.9 Å². The molecule has 0 heterocycles. The zero-order valence-corrected chi connectivity index (χ0v) is 14.5. The molecule has 0 aromatic heterocycles. The quantitative estimate of drug-likeness (QED) is 0.723. The Bertz CT molecular complexity index is 559. The van der Waals surface area contributed by atoms with Gasteiger partial charge in [0.1, 0.15) is 6.04 Å². The van der Waals surface area contributed by atoms with Crippen LogP contribution in [0.5, 0.6) is 0 Å².